The second-order valence-electron chi connectivity index (χ2n) is 10.3. The van der Waals surface area contributed by atoms with E-state index in [1.807, 2.05) is 0 Å². The van der Waals surface area contributed by atoms with E-state index >= 15 is 0 Å². The fraction of sp³-hybridized carbons (Fsp3) is 0.440. The first-order valence-electron chi connectivity index (χ1n) is 10.2. The van der Waals surface area contributed by atoms with Crippen LogP contribution in [0, 0.1) is 10.8 Å². The van der Waals surface area contributed by atoms with Gasteiger partial charge >= 0.3 is 0 Å². The Hall–Kier alpha value is -1.80. The molecule has 0 N–H and O–H groups in total. The van der Waals surface area contributed by atoms with Crippen LogP contribution >= 0.6 is 0 Å². The summed E-state index contributed by atoms with van der Waals surface area (Å²) in [7, 11) is -0.389. The zero-order valence-electron chi connectivity index (χ0n) is 17.5. The van der Waals surface area contributed by atoms with E-state index in [9.17, 15) is 0 Å². The molecule has 0 atom stereocenters. The minimum Gasteiger partial charge on any atom is -0.344 e. The Kier molecular flexibility index (Phi) is 3.31. The van der Waals surface area contributed by atoms with Crippen LogP contribution < -0.4 is 0 Å². The smallest absolute Gasteiger partial charge is 0.0661 e. The van der Waals surface area contributed by atoms with Gasteiger partial charge in [-0.25, -0.2) is 0 Å². The van der Waals surface area contributed by atoms with Crippen LogP contribution in [-0.4, -0.2) is 13.4 Å². The largest absolute Gasteiger partial charge is 0.344 e. The van der Waals surface area contributed by atoms with E-state index < -0.39 is 0 Å². The first-order chi connectivity index (χ1) is 12.7. The minimum absolute atomic E-state index is 0.102. The Morgan fingerprint density at radius 3 is 2.19 bits per heavy atom. The molecule has 27 heavy (non-hydrogen) atoms. The maximum atomic E-state index is 2.66. The van der Waals surface area contributed by atoms with Crippen LogP contribution in [0.25, 0.3) is 22.2 Å². The Labute approximate surface area is 165 Å². The Bertz CT molecular complexity index is 1050. The van der Waals surface area contributed by atoms with Gasteiger partial charge in [0.05, 0.1) is 14.5 Å². The molecule has 1 heterocycles. The molecule has 2 aromatic carbocycles. The van der Waals surface area contributed by atoms with Gasteiger partial charge < -0.3 is 4.57 Å². The molecule has 2 heteroatoms. The molecule has 1 nitrogen and oxygen atoms in total. The highest BCUT2D eigenvalue weighted by molar-refractivity contribution is 6.54. The van der Waals surface area contributed by atoms with Crippen molar-refractivity contribution in [3.8, 4) is 11.3 Å². The van der Waals surface area contributed by atoms with Gasteiger partial charge in [-0.15, -0.1) is 0 Å². The Morgan fingerprint density at radius 2 is 1.52 bits per heavy atom. The van der Waals surface area contributed by atoms with E-state index in [0.29, 0.717) is 0 Å². The van der Waals surface area contributed by atoms with Crippen molar-refractivity contribution in [1.29, 1.82) is 0 Å². The number of hydrogen-bond acceptors (Lipinski definition) is 0. The predicted molar refractivity (Wildman–Crippen MR) is 118 cm³/mol. The monoisotopic (exact) mass is 372 g/mol. The molecular formula is C25H30NSi. The fourth-order valence-corrected chi connectivity index (χ4v) is 8.14. The quantitative estimate of drug-likeness (QED) is 0.443. The molecule has 0 saturated heterocycles. The van der Waals surface area contributed by atoms with Crippen molar-refractivity contribution < 1.29 is 0 Å². The molecule has 1 saturated carbocycles. The minimum atomic E-state index is -0.389. The van der Waals surface area contributed by atoms with Crippen molar-refractivity contribution in [2.24, 2.45) is 10.8 Å². The molecule has 1 fully saturated rings. The van der Waals surface area contributed by atoms with Crippen molar-refractivity contribution in [3.05, 3.63) is 59.7 Å². The molecule has 139 valence electrons. The molecule has 1 radical (unpaired) electrons. The summed E-state index contributed by atoms with van der Waals surface area (Å²) in [6, 6.07) is 18.4. The van der Waals surface area contributed by atoms with Crippen LogP contribution in [0.2, 0.25) is 13.1 Å². The molecule has 1 aromatic heterocycles. The van der Waals surface area contributed by atoms with Crippen molar-refractivity contribution in [1.82, 2.24) is 4.57 Å². The highest BCUT2D eigenvalue weighted by atomic mass is 28.3. The van der Waals surface area contributed by atoms with E-state index in [1.54, 1.807) is 11.1 Å². The van der Waals surface area contributed by atoms with Gasteiger partial charge in [0.2, 0.25) is 0 Å². The van der Waals surface area contributed by atoms with Crippen LogP contribution in [-0.2, 0) is 11.6 Å². The predicted octanol–water partition coefficient (Wildman–Crippen LogP) is 6.66. The van der Waals surface area contributed by atoms with Crippen molar-refractivity contribution in [3.63, 3.8) is 0 Å². The molecule has 0 unspecified atom stereocenters. The van der Waals surface area contributed by atoms with E-state index in [2.05, 4.69) is 93.9 Å². The van der Waals surface area contributed by atoms with Crippen LogP contribution in [0.3, 0.4) is 0 Å². The standard InChI is InChI=1S/C25H30NSi/c1-23(2)15-24(3,4)25(23)19-13-9-7-11-17(19)22-21(25)18-12-8-10-14-20(18)26(22)16-27(5)6/h7-14H,15-16H2,1-6H3. The average Bonchev–Trinajstić information content (AvgIpc) is 3.07. The molecule has 0 amide bonds. The SMILES string of the molecule is C[Si](C)Cn1c2c(c3ccccc31)C1(c3ccccc3-2)C(C)(C)CC1(C)C. The second kappa shape index (κ2) is 5.17. The van der Waals surface area contributed by atoms with Crippen LogP contribution in [0.1, 0.15) is 45.2 Å². The summed E-state index contributed by atoms with van der Waals surface area (Å²) >= 11 is 0. The van der Waals surface area contributed by atoms with Crippen molar-refractivity contribution >= 4 is 19.7 Å². The molecule has 0 bridgehead atoms. The summed E-state index contributed by atoms with van der Waals surface area (Å²) in [5, 5.41) is 1.48. The normalized spacial score (nSPS) is 20.7. The number of nitrogens with zero attached hydrogens (tertiary/aromatic N) is 1. The molecular weight excluding hydrogens is 342 g/mol. The van der Waals surface area contributed by atoms with E-state index in [-0.39, 0.29) is 25.0 Å². The molecule has 0 aliphatic heterocycles. The van der Waals surface area contributed by atoms with Gasteiger partial charge in [0.1, 0.15) is 0 Å². The van der Waals surface area contributed by atoms with Crippen molar-refractivity contribution in [2.75, 3.05) is 0 Å². The van der Waals surface area contributed by atoms with Gasteiger partial charge in [0.25, 0.3) is 0 Å². The van der Waals surface area contributed by atoms with Gasteiger partial charge in [-0.2, -0.15) is 0 Å². The third kappa shape index (κ3) is 1.85. The molecule has 1 spiro atoms. The summed E-state index contributed by atoms with van der Waals surface area (Å²) < 4.78 is 2.66. The van der Waals surface area contributed by atoms with E-state index in [1.165, 1.54) is 34.7 Å². The molecule has 5 rings (SSSR count). The Balaban J connectivity index is 1.99. The highest BCUT2D eigenvalue weighted by Crippen LogP contribution is 2.76. The van der Waals surface area contributed by atoms with Crippen LogP contribution in [0.15, 0.2) is 48.5 Å². The van der Waals surface area contributed by atoms with Crippen LogP contribution in [0.4, 0.5) is 0 Å². The topological polar surface area (TPSA) is 4.93 Å². The molecule has 2 aliphatic rings. The lowest BCUT2D eigenvalue weighted by molar-refractivity contribution is -0.0849. The first-order valence-corrected chi connectivity index (χ1v) is 12.9. The van der Waals surface area contributed by atoms with Gasteiger partial charge in [0.15, 0.2) is 0 Å². The number of hydrogen-bond donors (Lipinski definition) is 0. The van der Waals surface area contributed by atoms with Gasteiger partial charge in [-0.05, 0) is 34.4 Å². The first kappa shape index (κ1) is 17.3. The maximum Gasteiger partial charge on any atom is 0.0661 e. The van der Waals surface area contributed by atoms with Crippen LogP contribution in [0.5, 0.6) is 0 Å². The zero-order valence-corrected chi connectivity index (χ0v) is 18.5. The summed E-state index contributed by atoms with van der Waals surface area (Å²) in [6.07, 6.45) is 2.44. The number of rotatable bonds is 2. The Morgan fingerprint density at radius 1 is 0.889 bits per heavy atom. The number of fused-ring (bicyclic) bond motifs is 7. The van der Waals surface area contributed by atoms with Gasteiger partial charge in [0, 0.05) is 28.0 Å². The summed E-state index contributed by atoms with van der Waals surface area (Å²) in [4.78, 5) is 0. The lowest BCUT2D eigenvalue weighted by atomic mass is 9.35. The molecule has 2 aliphatic carbocycles. The molecule has 3 aromatic rings. The van der Waals surface area contributed by atoms with Crippen molar-refractivity contribution in [2.45, 2.75) is 58.8 Å². The summed E-state index contributed by atoms with van der Waals surface area (Å²) in [5.41, 5.74) is 8.23. The lowest BCUT2D eigenvalue weighted by Gasteiger charge is -2.67. The highest BCUT2D eigenvalue weighted by Gasteiger charge is 2.70. The van der Waals surface area contributed by atoms with E-state index in [4.69, 9.17) is 0 Å². The van der Waals surface area contributed by atoms with Gasteiger partial charge in [-0.3, -0.25) is 0 Å². The second-order valence-corrected chi connectivity index (χ2v) is 13.0. The van der Waals surface area contributed by atoms with E-state index in [0.717, 1.165) is 0 Å². The summed E-state index contributed by atoms with van der Waals surface area (Å²) in [6.45, 7) is 14.8. The lowest BCUT2D eigenvalue weighted by Crippen LogP contribution is -2.63. The summed E-state index contributed by atoms with van der Waals surface area (Å²) in [5.74, 6) is 0. The maximum absolute atomic E-state index is 2.66. The fourth-order valence-electron chi connectivity index (χ4n) is 7.18. The average molecular weight is 373 g/mol. The number of aromatic nitrogens is 1. The zero-order chi connectivity index (χ0) is 19.2. The number of para-hydroxylation sites is 1. The van der Waals surface area contributed by atoms with Gasteiger partial charge in [-0.1, -0.05) is 83.3 Å². The third-order valence-corrected chi connectivity index (χ3v) is 8.27. The third-order valence-electron chi connectivity index (χ3n) is 7.32. The number of benzene rings is 2.